The van der Waals surface area contributed by atoms with E-state index in [4.69, 9.17) is 0 Å². The summed E-state index contributed by atoms with van der Waals surface area (Å²) in [5, 5.41) is 2.75. The lowest BCUT2D eigenvalue weighted by molar-refractivity contribution is -0.135. The van der Waals surface area contributed by atoms with Crippen molar-refractivity contribution in [1.29, 1.82) is 0 Å². The maximum absolute atomic E-state index is 13.1. The summed E-state index contributed by atoms with van der Waals surface area (Å²) < 4.78 is 0. The highest BCUT2D eigenvalue weighted by Gasteiger charge is 2.42. The van der Waals surface area contributed by atoms with Crippen LogP contribution in [0.1, 0.15) is 48.5 Å². The van der Waals surface area contributed by atoms with E-state index in [9.17, 15) is 14.4 Å². The van der Waals surface area contributed by atoms with Gasteiger partial charge in [0, 0.05) is 25.1 Å². The third-order valence-electron chi connectivity index (χ3n) is 6.96. The van der Waals surface area contributed by atoms with E-state index in [1.807, 2.05) is 79.7 Å². The highest BCUT2D eigenvalue weighted by Crippen LogP contribution is 2.37. The van der Waals surface area contributed by atoms with Crippen LogP contribution in [0.4, 0.5) is 0 Å². The zero-order valence-corrected chi connectivity index (χ0v) is 20.2. The van der Waals surface area contributed by atoms with Crippen LogP contribution in [0.15, 0.2) is 84.9 Å². The molecule has 0 aromatic heterocycles. The van der Waals surface area contributed by atoms with Gasteiger partial charge >= 0.3 is 0 Å². The zero-order valence-electron chi connectivity index (χ0n) is 20.2. The number of rotatable bonds is 8. The van der Waals surface area contributed by atoms with Crippen molar-refractivity contribution in [2.24, 2.45) is 0 Å². The first-order valence-corrected chi connectivity index (χ1v) is 12.3. The highest BCUT2D eigenvalue weighted by molar-refractivity contribution is 5.97. The molecule has 1 N–H and O–H groups in total. The van der Waals surface area contributed by atoms with Gasteiger partial charge in [0.1, 0.15) is 5.78 Å². The molecule has 2 amide bonds. The van der Waals surface area contributed by atoms with Crippen LogP contribution in [-0.4, -0.2) is 42.1 Å². The van der Waals surface area contributed by atoms with Gasteiger partial charge in [-0.3, -0.25) is 14.4 Å². The Balaban J connectivity index is 1.34. The third kappa shape index (κ3) is 5.51. The summed E-state index contributed by atoms with van der Waals surface area (Å²) in [5.74, 6) is -0.138. The summed E-state index contributed by atoms with van der Waals surface area (Å²) in [7, 11) is 0. The molecule has 3 aromatic rings. The fourth-order valence-electron chi connectivity index (χ4n) is 4.90. The summed E-state index contributed by atoms with van der Waals surface area (Å²) in [5.41, 5.74) is 3.15. The van der Waals surface area contributed by atoms with E-state index < -0.39 is 5.41 Å². The van der Waals surface area contributed by atoms with Gasteiger partial charge in [-0.1, -0.05) is 79.7 Å². The van der Waals surface area contributed by atoms with Crippen LogP contribution in [-0.2, 0) is 15.0 Å². The first-order valence-electron chi connectivity index (χ1n) is 12.3. The van der Waals surface area contributed by atoms with Crippen LogP contribution in [0.2, 0.25) is 0 Å². The predicted octanol–water partition coefficient (Wildman–Crippen LogP) is 5.01. The third-order valence-corrected chi connectivity index (χ3v) is 6.96. The molecule has 0 atom stereocenters. The lowest BCUT2D eigenvalue weighted by Gasteiger charge is -2.41. The first kappa shape index (κ1) is 24.4. The Morgan fingerprint density at radius 3 is 1.97 bits per heavy atom. The average Bonchev–Trinajstić information content (AvgIpc) is 2.92. The van der Waals surface area contributed by atoms with Crippen molar-refractivity contribution in [2.75, 3.05) is 19.6 Å². The van der Waals surface area contributed by atoms with Gasteiger partial charge in [0.15, 0.2) is 0 Å². The van der Waals surface area contributed by atoms with Gasteiger partial charge in [-0.25, -0.2) is 0 Å². The molecule has 1 heterocycles. The summed E-state index contributed by atoms with van der Waals surface area (Å²) >= 11 is 0. The van der Waals surface area contributed by atoms with Crippen LogP contribution in [0, 0.1) is 0 Å². The number of carbonyl (C=O) groups is 3. The van der Waals surface area contributed by atoms with E-state index in [1.165, 1.54) is 0 Å². The van der Waals surface area contributed by atoms with E-state index >= 15 is 0 Å². The molecule has 0 saturated carbocycles. The zero-order chi connectivity index (χ0) is 24.7. The van der Waals surface area contributed by atoms with Gasteiger partial charge in [0.2, 0.25) is 5.91 Å². The van der Waals surface area contributed by atoms with Crippen LogP contribution >= 0.6 is 0 Å². The molecule has 0 aliphatic carbocycles. The van der Waals surface area contributed by atoms with Crippen molar-refractivity contribution < 1.29 is 14.4 Å². The minimum atomic E-state index is -0.530. The fraction of sp³-hybridized carbons (Fsp3) is 0.300. The van der Waals surface area contributed by atoms with Gasteiger partial charge in [0.05, 0.1) is 12.0 Å². The van der Waals surface area contributed by atoms with E-state index in [1.54, 1.807) is 17.0 Å². The number of amides is 2. The Bertz CT molecular complexity index is 1150. The van der Waals surface area contributed by atoms with Crippen molar-refractivity contribution in [1.82, 2.24) is 10.2 Å². The van der Waals surface area contributed by atoms with Gasteiger partial charge in [-0.15, -0.1) is 0 Å². The molecule has 35 heavy (non-hydrogen) atoms. The Morgan fingerprint density at radius 1 is 0.800 bits per heavy atom. The van der Waals surface area contributed by atoms with Crippen molar-refractivity contribution in [3.05, 3.63) is 96.1 Å². The summed E-state index contributed by atoms with van der Waals surface area (Å²) in [6.45, 7) is 2.98. The number of benzene rings is 3. The van der Waals surface area contributed by atoms with Crippen LogP contribution in [0.3, 0.4) is 0 Å². The van der Waals surface area contributed by atoms with E-state index in [0.717, 1.165) is 23.1 Å². The molecule has 180 valence electrons. The van der Waals surface area contributed by atoms with Crippen LogP contribution < -0.4 is 5.32 Å². The molecule has 0 bridgehead atoms. The van der Waals surface area contributed by atoms with Crippen molar-refractivity contribution in [3.8, 4) is 11.1 Å². The van der Waals surface area contributed by atoms with Crippen molar-refractivity contribution in [3.63, 3.8) is 0 Å². The van der Waals surface area contributed by atoms with E-state index in [-0.39, 0.29) is 24.1 Å². The van der Waals surface area contributed by atoms with Gasteiger partial charge in [-0.2, -0.15) is 0 Å². The molecular weight excluding hydrogens is 436 g/mol. The number of piperidine rings is 1. The Hall–Kier alpha value is -3.73. The Kier molecular flexibility index (Phi) is 7.76. The molecule has 5 heteroatoms. The molecule has 5 nitrogen and oxygen atoms in total. The van der Waals surface area contributed by atoms with Crippen LogP contribution in [0.25, 0.3) is 11.1 Å². The summed E-state index contributed by atoms with van der Waals surface area (Å²) in [6.07, 6.45) is 2.57. The fourth-order valence-corrected chi connectivity index (χ4v) is 4.90. The lowest BCUT2D eigenvalue weighted by atomic mass is 9.68. The second-order valence-corrected chi connectivity index (χ2v) is 9.13. The number of ketones is 1. The molecule has 0 unspecified atom stereocenters. The molecule has 4 rings (SSSR count). The monoisotopic (exact) mass is 468 g/mol. The molecule has 1 fully saturated rings. The van der Waals surface area contributed by atoms with Gasteiger partial charge in [-0.05, 0) is 48.1 Å². The second-order valence-electron chi connectivity index (χ2n) is 9.13. The Labute approximate surface area is 207 Å². The highest BCUT2D eigenvalue weighted by atomic mass is 16.2. The molecule has 1 saturated heterocycles. The van der Waals surface area contributed by atoms with Gasteiger partial charge in [0.25, 0.3) is 5.91 Å². The molecule has 0 spiro atoms. The average molecular weight is 469 g/mol. The quantitative estimate of drug-likeness (QED) is 0.505. The lowest BCUT2D eigenvalue weighted by Crippen LogP contribution is -2.51. The number of Topliss-reactive ketones (excluding diaryl/α,β-unsaturated/α-hetero) is 1. The molecule has 0 radical (unpaired) electrons. The first-order chi connectivity index (χ1) is 17.0. The summed E-state index contributed by atoms with van der Waals surface area (Å²) in [4.78, 5) is 40.3. The topological polar surface area (TPSA) is 66.5 Å². The van der Waals surface area contributed by atoms with Crippen LogP contribution in [0.5, 0.6) is 0 Å². The normalized spacial score (nSPS) is 14.8. The number of hydrogen-bond acceptors (Lipinski definition) is 3. The van der Waals surface area contributed by atoms with E-state index in [2.05, 4.69) is 5.32 Å². The minimum Gasteiger partial charge on any atom is -0.343 e. The predicted molar refractivity (Wildman–Crippen MR) is 138 cm³/mol. The minimum absolute atomic E-state index is 0.0550. The number of hydrogen-bond donors (Lipinski definition) is 1. The number of carbonyl (C=O) groups excluding carboxylic acids is 3. The SMILES string of the molecule is CCCC(=O)C1(c2ccccc2)CCN(C(=O)CNC(=O)c2ccc(-c3ccccc3)cc2)CC1. The van der Waals surface area contributed by atoms with Crippen molar-refractivity contribution in [2.45, 2.75) is 38.0 Å². The second kappa shape index (κ2) is 11.1. The summed E-state index contributed by atoms with van der Waals surface area (Å²) in [6, 6.07) is 27.3. The maximum Gasteiger partial charge on any atom is 0.251 e. The molecule has 1 aliphatic rings. The Morgan fingerprint density at radius 2 is 1.37 bits per heavy atom. The largest absolute Gasteiger partial charge is 0.343 e. The van der Waals surface area contributed by atoms with Gasteiger partial charge < -0.3 is 10.2 Å². The van der Waals surface area contributed by atoms with E-state index in [0.29, 0.717) is 37.9 Å². The number of nitrogens with zero attached hydrogens (tertiary/aromatic N) is 1. The maximum atomic E-state index is 13.1. The molecular formula is C30H32N2O3. The number of likely N-dealkylation sites (tertiary alicyclic amines) is 1. The molecule has 1 aliphatic heterocycles. The molecule has 3 aromatic carbocycles. The number of nitrogens with one attached hydrogen (secondary N) is 1. The van der Waals surface area contributed by atoms with Crippen molar-refractivity contribution >= 4 is 17.6 Å². The smallest absolute Gasteiger partial charge is 0.251 e. The standard InChI is InChI=1S/C30H32N2O3/c1-2-9-27(33)30(26-12-7-4-8-13-26)18-20-32(21-19-30)28(34)22-31-29(35)25-16-14-24(15-17-25)23-10-5-3-6-11-23/h3-8,10-17H,2,9,18-22H2,1H3,(H,31,35).